The predicted octanol–water partition coefficient (Wildman–Crippen LogP) is 2.90. The molecule has 0 saturated carbocycles. The third kappa shape index (κ3) is 3.93. The summed E-state index contributed by atoms with van der Waals surface area (Å²) < 4.78 is 5.60. The lowest BCUT2D eigenvalue weighted by Crippen LogP contribution is -2.23. The van der Waals surface area contributed by atoms with E-state index in [4.69, 9.17) is 4.74 Å². The maximum absolute atomic E-state index is 12.3. The fraction of sp³-hybridized carbons (Fsp3) is 0.263. The molecule has 3 rings (SSSR count). The van der Waals surface area contributed by atoms with Crippen LogP contribution >= 0.6 is 0 Å². The largest absolute Gasteiger partial charge is 0.493 e. The Morgan fingerprint density at radius 2 is 2.04 bits per heavy atom. The van der Waals surface area contributed by atoms with Gasteiger partial charge in [0.05, 0.1) is 6.61 Å². The zero-order valence-electron chi connectivity index (χ0n) is 13.6. The molecule has 5 heteroatoms. The summed E-state index contributed by atoms with van der Waals surface area (Å²) in [4.78, 5) is 23.4. The van der Waals surface area contributed by atoms with Crippen LogP contribution in [0.25, 0.3) is 0 Å². The van der Waals surface area contributed by atoms with Crippen molar-refractivity contribution in [2.75, 3.05) is 11.9 Å². The highest BCUT2D eigenvalue weighted by atomic mass is 16.5. The number of fused-ring (bicyclic) bond motifs is 1. The maximum atomic E-state index is 12.3. The first-order chi connectivity index (χ1) is 11.6. The molecule has 0 aliphatic carbocycles. The van der Waals surface area contributed by atoms with Crippen LogP contribution in [0, 0.1) is 0 Å². The normalized spacial score (nSPS) is 12.7. The predicted molar refractivity (Wildman–Crippen MR) is 92.2 cm³/mol. The third-order valence-corrected chi connectivity index (χ3v) is 3.87. The van der Waals surface area contributed by atoms with E-state index in [0.29, 0.717) is 17.8 Å². The van der Waals surface area contributed by atoms with Crippen LogP contribution in [0.2, 0.25) is 0 Å². The Morgan fingerprint density at radius 3 is 2.88 bits per heavy atom. The molecule has 2 aromatic rings. The molecule has 1 heterocycles. The second-order valence-electron chi connectivity index (χ2n) is 5.84. The Balaban J connectivity index is 1.64. The van der Waals surface area contributed by atoms with Gasteiger partial charge in [-0.05, 0) is 48.2 Å². The van der Waals surface area contributed by atoms with Crippen molar-refractivity contribution in [2.45, 2.75) is 26.3 Å². The number of hydrogen-bond acceptors (Lipinski definition) is 3. The smallest absolute Gasteiger partial charge is 0.251 e. The first kappa shape index (κ1) is 16.1. The van der Waals surface area contributed by atoms with E-state index in [1.165, 1.54) is 12.5 Å². The monoisotopic (exact) mass is 324 g/mol. The number of amides is 2. The van der Waals surface area contributed by atoms with E-state index in [2.05, 4.69) is 16.7 Å². The SMILES string of the molecule is CC(=O)Nc1cccc(C(=O)NCc2ccc3c(c2)CCCO3)c1. The van der Waals surface area contributed by atoms with E-state index in [1.807, 2.05) is 12.1 Å². The maximum Gasteiger partial charge on any atom is 0.251 e. The van der Waals surface area contributed by atoms with E-state index in [-0.39, 0.29) is 11.8 Å². The third-order valence-electron chi connectivity index (χ3n) is 3.87. The number of carbonyl (C=O) groups is 2. The minimum atomic E-state index is -0.170. The molecule has 0 radical (unpaired) electrons. The van der Waals surface area contributed by atoms with E-state index in [0.717, 1.165) is 30.8 Å². The zero-order chi connectivity index (χ0) is 16.9. The number of hydrogen-bond donors (Lipinski definition) is 2. The number of aryl methyl sites for hydroxylation is 1. The average Bonchev–Trinajstić information content (AvgIpc) is 2.59. The Labute approximate surface area is 141 Å². The molecule has 24 heavy (non-hydrogen) atoms. The van der Waals surface area contributed by atoms with Gasteiger partial charge in [0.1, 0.15) is 5.75 Å². The van der Waals surface area contributed by atoms with Crippen LogP contribution < -0.4 is 15.4 Å². The van der Waals surface area contributed by atoms with Crippen LogP contribution in [0.15, 0.2) is 42.5 Å². The molecular weight excluding hydrogens is 304 g/mol. The molecule has 1 aliphatic heterocycles. The molecule has 124 valence electrons. The van der Waals surface area contributed by atoms with Gasteiger partial charge in [-0.1, -0.05) is 18.2 Å². The quantitative estimate of drug-likeness (QED) is 0.909. The first-order valence-electron chi connectivity index (χ1n) is 8.02. The molecule has 1 aliphatic rings. The van der Waals surface area contributed by atoms with Crippen LogP contribution in [-0.4, -0.2) is 18.4 Å². The van der Waals surface area contributed by atoms with Crippen molar-refractivity contribution in [1.29, 1.82) is 0 Å². The fourth-order valence-corrected chi connectivity index (χ4v) is 2.75. The molecule has 5 nitrogen and oxygen atoms in total. The van der Waals surface area contributed by atoms with Crippen LogP contribution in [0.1, 0.15) is 34.8 Å². The van der Waals surface area contributed by atoms with E-state index in [1.54, 1.807) is 24.3 Å². The van der Waals surface area contributed by atoms with Gasteiger partial charge < -0.3 is 15.4 Å². The Bertz CT molecular complexity index is 771. The van der Waals surface area contributed by atoms with Crippen LogP contribution in [0.3, 0.4) is 0 Å². The molecule has 2 amide bonds. The summed E-state index contributed by atoms with van der Waals surface area (Å²) in [5.74, 6) is 0.611. The molecule has 0 saturated heterocycles. The van der Waals surface area contributed by atoms with Crippen LogP contribution in [0.5, 0.6) is 5.75 Å². The van der Waals surface area contributed by atoms with Crippen molar-refractivity contribution in [3.05, 3.63) is 59.2 Å². The summed E-state index contributed by atoms with van der Waals surface area (Å²) in [5, 5.41) is 5.59. The summed E-state index contributed by atoms with van der Waals surface area (Å²) in [6.45, 7) is 2.66. The molecule has 0 bridgehead atoms. The molecule has 2 N–H and O–H groups in total. The Hall–Kier alpha value is -2.82. The van der Waals surface area contributed by atoms with Gasteiger partial charge in [0.25, 0.3) is 5.91 Å². The standard InChI is InChI=1S/C19H20N2O3/c1-13(22)21-17-6-2-4-16(11-17)19(23)20-12-14-7-8-18-15(10-14)5-3-9-24-18/h2,4,6-8,10-11H,3,5,9,12H2,1H3,(H,20,23)(H,21,22). The Morgan fingerprint density at radius 1 is 1.17 bits per heavy atom. The van der Waals surface area contributed by atoms with Gasteiger partial charge in [-0.15, -0.1) is 0 Å². The van der Waals surface area contributed by atoms with Gasteiger partial charge in [0, 0.05) is 24.7 Å². The van der Waals surface area contributed by atoms with E-state index in [9.17, 15) is 9.59 Å². The molecule has 2 aromatic carbocycles. The van der Waals surface area contributed by atoms with Gasteiger partial charge in [0.15, 0.2) is 0 Å². The fourth-order valence-electron chi connectivity index (χ4n) is 2.75. The minimum Gasteiger partial charge on any atom is -0.493 e. The van der Waals surface area contributed by atoms with Gasteiger partial charge >= 0.3 is 0 Å². The highest BCUT2D eigenvalue weighted by molar-refractivity contribution is 5.96. The number of ether oxygens (including phenoxy) is 1. The molecule has 0 atom stereocenters. The van der Waals surface area contributed by atoms with Crippen molar-refractivity contribution < 1.29 is 14.3 Å². The molecule has 0 spiro atoms. The minimum absolute atomic E-state index is 0.163. The lowest BCUT2D eigenvalue weighted by molar-refractivity contribution is -0.114. The first-order valence-corrected chi connectivity index (χ1v) is 8.02. The summed E-state index contributed by atoms with van der Waals surface area (Å²) in [5.41, 5.74) is 3.37. The number of nitrogens with one attached hydrogen (secondary N) is 2. The number of benzene rings is 2. The van der Waals surface area contributed by atoms with Crippen molar-refractivity contribution in [1.82, 2.24) is 5.32 Å². The van der Waals surface area contributed by atoms with Crippen molar-refractivity contribution in [2.24, 2.45) is 0 Å². The number of rotatable bonds is 4. The van der Waals surface area contributed by atoms with Gasteiger partial charge in [0.2, 0.25) is 5.91 Å². The summed E-state index contributed by atoms with van der Waals surface area (Å²) in [6.07, 6.45) is 2.04. The van der Waals surface area contributed by atoms with Gasteiger partial charge in [-0.25, -0.2) is 0 Å². The van der Waals surface area contributed by atoms with Gasteiger partial charge in [-0.3, -0.25) is 9.59 Å². The zero-order valence-corrected chi connectivity index (χ0v) is 13.6. The highest BCUT2D eigenvalue weighted by Gasteiger charge is 2.11. The van der Waals surface area contributed by atoms with Crippen LogP contribution in [-0.2, 0) is 17.8 Å². The second-order valence-corrected chi connectivity index (χ2v) is 5.84. The number of anilines is 1. The summed E-state index contributed by atoms with van der Waals surface area (Å²) in [7, 11) is 0. The lowest BCUT2D eigenvalue weighted by Gasteiger charge is -2.18. The second kappa shape index (κ2) is 7.17. The summed E-state index contributed by atoms with van der Waals surface area (Å²) in [6, 6.07) is 12.9. The van der Waals surface area contributed by atoms with Crippen LogP contribution in [0.4, 0.5) is 5.69 Å². The topological polar surface area (TPSA) is 67.4 Å². The van der Waals surface area contributed by atoms with Crippen molar-refractivity contribution in [3.8, 4) is 5.75 Å². The highest BCUT2D eigenvalue weighted by Crippen LogP contribution is 2.25. The van der Waals surface area contributed by atoms with E-state index >= 15 is 0 Å². The average molecular weight is 324 g/mol. The molecule has 0 aromatic heterocycles. The van der Waals surface area contributed by atoms with Gasteiger partial charge in [-0.2, -0.15) is 0 Å². The molecule has 0 unspecified atom stereocenters. The Kier molecular flexibility index (Phi) is 4.79. The van der Waals surface area contributed by atoms with Crippen molar-refractivity contribution in [3.63, 3.8) is 0 Å². The molecular formula is C19H20N2O3. The summed E-state index contributed by atoms with van der Waals surface area (Å²) >= 11 is 0. The van der Waals surface area contributed by atoms with Crippen molar-refractivity contribution >= 4 is 17.5 Å². The van der Waals surface area contributed by atoms with E-state index < -0.39 is 0 Å². The molecule has 0 fully saturated rings. The number of carbonyl (C=O) groups excluding carboxylic acids is 2. The lowest BCUT2D eigenvalue weighted by atomic mass is 10.0.